The second-order valence-corrected chi connectivity index (χ2v) is 3.40. The highest BCUT2D eigenvalue weighted by molar-refractivity contribution is 6.13. The molecule has 1 rings (SSSR count). The lowest BCUT2D eigenvalue weighted by Crippen LogP contribution is -2.28. The first-order valence-corrected chi connectivity index (χ1v) is 4.23. The van der Waals surface area contributed by atoms with Crippen molar-refractivity contribution in [3.05, 3.63) is 0 Å². The molecule has 0 unspecified atom stereocenters. The van der Waals surface area contributed by atoms with Crippen LogP contribution in [0.4, 0.5) is 8.78 Å². The first-order valence-electron chi connectivity index (χ1n) is 3.85. The largest absolute Gasteiger partial charge is 0.248 e. The fraction of sp³-hybridized carbons (Fsp3) is 1.00. The van der Waals surface area contributed by atoms with E-state index in [1.54, 1.807) is 0 Å². The minimum atomic E-state index is -2.41. The monoisotopic (exact) mass is 183 g/mol. The quantitative estimate of drug-likeness (QED) is 0.649. The third-order valence-electron chi connectivity index (χ3n) is 2.20. The van der Waals surface area contributed by atoms with E-state index in [0.717, 1.165) is 0 Å². The van der Waals surface area contributed by atoms with Crippen molar-refractivity contribution < 1.29 is 8.78 Å². The second kappa shape index (κ2) is 3.68. The Kier molecular flexibility index (Phi) is 3.07. The zero-order valence-electron chi connectivity index (χ0n) is 6.25. The molecule has 1 N–H and O–H groups in total. The molecule has 66 valence electrons. The maximum atomic E-state index is 12.6. The van der Waals surface area contributed by atoms with Crippen LogP contribution in [0.2, 0.25) is 0 Å². The molecule has 4 heteroatoms. The van der Waals surface area contributed by atoms with E-state index in [9.17, 15) is 8.78 Å². The van der Waals surface area contributed by atoms with Crippen molar-refractivity contribution in [3.8, 4) is 0 Å². The van der Waals surface area contributed by atoms with Gasteiger partial charge in [-0.25, -0.2) is 13.6 Å². The number of alkyl halides is 2. The van der Waals surface area contributed by atoms with E-state index in [1.807, 2.05) is 0 Å². The van der Waals surface area contributed by atoms with Crippen LogP contribution in [0, 0.1) is 5.92 Å². The molecule has 0 amide bonds. The summed E-state index contributed by atoms with van der Waals surface area (Å²) in [5, 5.41) is 0. The van der Waals surface area contributed by atoms with Gasteiger partial charge in [-0.3, -0.25) is 0 Å². The fourth-order valence-electron chi connectivity index (χ4n) is 1.41. The molecule has 1 aliphatic rings. The zero-order valence-corrected chi connectivity index (χ0v) is 7.00. The van der Waals surface area contributed by atoms with Gasteiger partial charge in [0.15, 0.2) is 0 Å². The molecule has 1 nitrogen and oxygen atoms in total. The molecule has 0 aromatic rings. The van der Waals surface area contributed by atoms with Crippen molar-refractivity contribution in [2.45, 2.75) is 31.6 Å². The zero-order chi connectivity index (χ0) is 8.32. The molecule has 0 aliphatic heterocycles. The molecule has 0 atom stereocenters. The summed E-state index contributed by atoms with van der Waals surface area (Å²) in [5.41, 5.74) is 0. The summed E-state index contributed by atoms with van der Waals surface area (Å²) in [6.07, 6.45) is 1.23. The van der Waals surface area contributed by atoms with E-state index in [1.165, 1.54) is 0 Å². The van der Waals surface area contributed by atoms with E-state index in [4.69, 9.17) is 11.8 Å². The lowest BCUT2D eigenvalue weighted by atomic mass is 9.87. The van der Waals surface area contributed by atoms with Gasteiger partial charge in [0.05, 0.1) is 0 Å². The van der Waals surface area contributed by atoms with E-state index in [0.29, 0.717) is 25.3 Å². The maximum Gasteiger partial charge on any atom is 0.248 e. The van der Waals surface area contributed by atoms with Crippen molar-refractivity contribution in [2.75, 3.05) is 6.54 Å². The first-order chi connectivity index (χ1) is 5.14. The fourth-order valence-corrected chi connectivity index (χ4v) is 1.63. The van der Waals surface area contributed by atoms with Crippen LogP contribution in [0.25, 0.3) is 0 Å². The number of hydrogen-bond donors (Lipinski definition) is 1. The van der Waals surface area contributed by atoms with Crippen LogP contribution in [0.5, 0.6) is 0 Å². The van der Waals surface area contributed by atoms with Gasteiger partial charge < -0.3 is 0 Å². The summed E-state index contributed by atoms with van der Waals surface area (Å²) in [5.74, 6) is -2.07. The topological polar surface area (TPSA) is 12.0 Å². The Morgan fingerprint density at radius 3 is 2.36 bits per heavy atom. The SMILES string of the molecule is FC1(F)CCC(CNCl)CC1. The average Bonchev–Trinajstić information content (AvgIpc) is 1.94. The lowest BCUT2D eigenvalue weighted by molar-refractivity contribution is -0.0450. The Balaban J connectivity index is 2.25. The molecule has 1 saturated carbocycles. The van der Waals surface area contributed by atoms with Gasteiger partial charge in [-0.2, -0.15) is 0 Å². The highest BCUT2D eigenvalue weighted by Crippen LogP contribution is 2.35. The average molecular weight is 184 g/mol. The minimum Gasteiger partial charge on any atom is -0.233 e. The first kappa shape index (κ1) is 9.20. The third kappa shape index (κ3) is 2.91. The van der Waals surface area contributed by atoms with Crippen LogP contribution >= 0.6 is 11.8 Å². The molecule has 1 aliphatic carbocycles. The van der Waals surface area contributed by atoms with Gasteiger partial charge in [0.1, 0.15) is 0 Å². The Morgan fingerprint density at radius 1 is 1.36 bits per heavy atom. The number of halogens is 3. The van der Waals surface area contributed by atoms with Crippen LogP contribution < -0.4 is 4.84 Å². The molecule has 0 radical (unpaired) electrons. The van der Waals surface area contributed by atoms with Gasteiger partial charge in [0.25, 0.3) is 0 Å². The van der Waals surface area contributed by atoms with Crippen LogP contribution in [-0.4, -0.2) is 12.5 Å². The van der Waals surface area contributed by atoms with Gasteiger partial charge in [0, 0.05) is 19.4 Å². The summed E-state index contributed by atoms with van der Waals surface area (Å²) in [7, 11) is 0. The molecule has 0 spiro atoms. The van der Waals surface area contributed by atoms with Crippen molar-refractivity contribution in [2.24, 2.45) is 5.92 Å². The highest BCUT2D eigenvalue weighted by Gasteiger charge is 2.34. The van der Waals surface area contributed by atoms with Crippen molar-refractivity contribution in [3.63, 3.8) is 0 Å². The number of rotatable bonds is 2. The Morgan fingerprint density at radius 2 is 1.91 bits per heavy atom. The lowest BCUT2D eigenvalue weighted by Gasteiger charge is -2.27. The molecule has 11 heavy (non-hydrogen) atoms. The predicted octanol–water partition coefficient (Wildman–Crippen LogP) is 2.56. The normalized spacial score (nSPS) is 25.4. The van der Waals surface area contributed by atoms with E-state index >= 15 is 0 Å². The number of hydrogen-bond acceptors (Lipinski definition) is 1. The van der Waals surface area contributed by atoms with E-state index in [-0.39, 0.29) is 12.8 Å². The van der Waals surface area contributed by atoms with Crippen LogP contribution in [0.1, 0.15) is 25.7 Å². The molecule has 0 heterocycles. The third-order valence-corrected chi connectivity index (χ3v) is 2.36. The number of nitrogens with one attached hydrogen (secondary N) is 1. The molecular weight excluding hydrogens is 172 g/mol. The second-order valence-electron chi connectivity index (χ2n) is 3.14. The molecule has 1 fully saturated rings. The molecule has 0 saturated heterocycles. The molecule has 0 aromatic carbocycles. The van der Waals surface area contributed by atoms with Crippen LogP contribution in [0.3, 0.4) is 0 Å². The smallest absolute Gasteiger partial charge is 0.233 e. The molecular formula is C7H12ClF2N. The Labute approximate surface area is 70.2 Å². The standard InChI is InChI=1S/C7H12ClF2N/c8-11-5-6-1-3-7(9,10)4-2-6/h6,11H,1-5H2. The van der Waals surface area contributed by atoms with E-state index < -0.39 is 5.92 Å². The summed E-state index contributed by atoms with van der Waals surface area (Å²) in [4.78, 5) is 2.49. The Bertz CT molecular complexity index is 120. The van der Waals surface area contributed by atoms with Gasteiger partial charge >= 0.3 is 0 Å². The molecule has 0 aromatic heterocycles. The summed E-state index contributed by atoms with van der Waals surface area (Å²) < 4.78 is 25.1. The van der Waals surface area contributed by atoms with Gasteiger partial charge in [0.2, 0.25) is 5.92 Å². The van der Waals surface area contributed by atoms with E-state index in [2.05, 4.69) is 4.84 Å². The summed E-state index contributed by atoms with van der Waals surface area (Å²) in [6, 6.07) is 0. The maximum absolute atomic E-state index is 12.6. The van der Waals surface area contributed by atoms with Gasteiger partial charge in [-0.15, -0.1) is 0 Å². The minimum absolute atomic E-state index is 0.0240. The predicted molar refractivity (Wildman–Crippen MR) is 40.8 cm³/mol. The van der Waals surface area contributed by atoms with Crippen LogP contribution in [0.15, 0.2) is 0 Å². The Hall–Kier alpha value is 0.110. The van der Waals surface area contributed by atoms with Crippen molar-refractivity contribution >= 4 is 11.8 Å². The van der Waals surface area contributed by atoms with Gasteiger partial charge in [-0.1, -0.05) is 0 Å². The van der Waals surface area contributed by atoms with Crippen LogP contribution in [-0.2, 0) is 0 Å². The highest BCUT2D eigenvalue weighted by atomic mass is 35.5. The summed E-state index contributed by atoms with van der Waals surface area (Å²) in [6.45, 7) is 0.650. The summed E-state index contributed by atoms with van der Waals surface area (Å²) >= 11 is 5.27. The van der Waals surface area contributed by atoms with Gasteiger partial charge in [-0.05, 0) is 30.5 Å². The van der Waals surface area contributed by atoms with Crippen molar-refractivity contribution in [1.29, 1.82) is 0 Å². The van der Waals surface area contributed by atoms with Crippen molar-refractivity contribution in [1.82, 2.24) is 4.84 Å². The molecule has 0 bridgehead atoms.